The SMILES string of the molecule is C=C(CO)C1C(CCOC)c2cc3ccncc3c3c2-c2c4c(cc(C)cc4cc[n+]21)C3(C)C. The minimum Gasteiger partial charge on any atom is -0.392 e. The van der Waals surface area contributed by atoms with Crippen molar-refractivity contribution in [2.75, 3.05) is 20.3 Å². The molecule has 0 spiro atoms. The largest absolute Gasteiger partial charge is 0.392 e. The molecule has 0 amide bonds. The zero-order chi connectivity index (χ0) is 23.8. The second-order valence-electron chi connectivity index (χ2n) is 10.4. The van der Waals surface area contributed by atoms with E-state index in [1.54, 1.807) is 7.11 Å². The van der Waals surface area contributed by atoms with Crippen LogP contribution in [0.1, 0.15) is 54.5 Å². The van der Waals surface area contributed by atoms with Gasteiger partial charge in [-0.3, -0.25) is 4.98 Å². The summed E-state index contributed by atoms with van der Waals surface area (Å²) in [5.41, 5.74) is 8.53. The van der Waals surface area contributed by atoms with Crippen LogP contribution in [-0.2, 0) is 10.2 Å². The van der Waals surface area contributed by atoms with E-state index in [4.69, 9.17) is 4.74 Å². The number of aryl methyl sites for hydroxylation is 1. The fraction of sp³-hybridized carbons (Fsp3) is 0.333. The minimum absolute atomic E-state index is 0.0328. The van der Waals surface area contributed by atoms with E-state index < -0.39 is 0 Å². The molecule has 4 aromatic rings. The van der Waals surface area contributed by atoms with Crippen LogP contribution in [0.2, 0.25) is 0 Å². The molecular formula is C30H31N2O2+. The summed E-state index contributed by atoms with van der Waals surface area (Å²) in [5.74, 6) is 0.156. The number of methoxy groups -OCH3 is 1. The minimum atomic E-state index is -0.185. The maximum Gasteiger partial charge on any atom is 0.221 e. The van der Waals surface area contributed by atoms with Crippen molar-refractivity contribution in [3.8, 4) is 11.3 Å². The summed E-state index contributed by atoms with van der Waals surface area (Å²) in [6.45, 7) is 11.8. The number of fused-ring (bicyclic) bond motifs is 2. The molecule has 3 heterocycles. The maximum atomic E-state index is 10.2. The molecule has 2 unspecified atom stereocenters. The average Bonchev–Trinajstić information content (AvgIpc) is 2.83. The highest BCUT2D eigenvalue weighted by atomic mass is 16.5. The maximum absolute atomic E-state index is 10.2. The van der Waals surface area contributed by atoms with Crippen LogP contribution in [0.3, 0.4) is 0 Å². The highest BCUT2D eigenvalue weighted by Gasteiger charge is 2.49. The standard InChI is InChI=1S/C30H31N2O2/c1-17-12-20-7-10-32-28(18(2)16-33)21(8-11-34-5)22-14-19-6-9-31-15-23(19)27-26(22)29(32)25(20)24(13-17)30(27,3)4/h6-7,9-10,12-15,21,28,33H,2,8,11,16H2,1,3-5H3/q+1. The summed E-state index contributed by atoms with van der Waals surface area (Å²) >= 11 is 0. The van der Waals surface area contributed by atoms with Gasteiger partial charge in [0.1, 0.15) is 0 Å². The number of aliphatic hydroxyl groups is 1. The highest BCUT2D eigenvalue weighted by Crippen LogP contribution is 2.56. The van der Waals surface area contributed by atoms with Crippen LogP contribution in [0.4, 0.5) is 0 Å². The van der Waals surface area contributed by atoms with Gasteiger partial charge in [0.15, 0.2) is 12.2 Å². The summed E-state index contributed by atoms with van der Waals surface area (Å²) in [5, 5.41) is 15.2. The molecule has 0 saturated carbocycles. The quantitative estimate of drug-likeness (QED) is 0.321. The first-order valence-corrected chi connectivity index (χ1v) is 12.1. The smallest absolute Gasteiger partial charge is 0.221 e. The highest BCUT2D eigenvalue weighted by molar-refractivity contribution is 6.06. The lowest BCUT2D eigenvalue weighted by Crippen LogP contribution is -2.50. The number of aliphatic hydroxyl groups excluding tert-OH is 1. The summed E-state index contributed by atoms with van der Waals surface area (Å²) in [7, 11) is 1.76. The average molecular weight is 452 g/mol. The second-order valence-corrected chi connectivity index (χ2v) is 10.4. The van der Waals surface area contributed by atoms with Crippen molar-refractivity contribution >= 4 is 21.5 Å². The first-order chi connectivity index (χ1) is 16.4. The predicted molar refractivity (Wildman–Crippen MR) is 136 cm³/mol. The zero-order valence-electron chi connectivity index (χ0n) is 20.4. The summed E-state index contributed by atoms with van der Waals surface area (Å²) < 4.78 is 7.93. The molecule has 6 rings (SSSR count). The molecule has 34 heavy (non-hydrogen) atoms. The lowest BCUT2D eigenvalue weighted by Gasteiger charge is -2.41. The summed E-state index contributed by atoms with van der Waals surface area (Å²) in [4.78, 5) is 4.53. The van der Waals surface area contributed by atoms with Crippen molar-refractivity contribution in [1.29, 1.82) is 0 Å². The van der Waals surface area contributed by atoms with Crippen LogP contribution >= 0.6 is 0 Å². The molecular weight excluding hydrogens is 420 g/mol. The normalized spacial score (nSPS) is 19.6. The number of hydrogen-bond acceptors (Lipinski definition) is 3. The third-order valence-corrected chi connectivity index (χ3v) is 8.07. The molecule has 2 atom stereocenters. The van der Waals surface area contributed by atoms with Crippen molar-refractivity contribution in [1.82, 2.24) is 4.98 Å². The third kappa shape index (κ3) is 2.73. The fourth-order valence-corrected chi connectivity index (χ4v) is 6.64. The van der Waals surface area contributed by atoms with Crippen molar-refractivity contribution < 1.29 is 14.4 Å². The molecule has 2 aromatic carbocycles. The molecule has 0 radical (unpaired) electrons. The Morgan fingerprint density at radius 1 is 1.21 bits per heavy atom. The Balaban J connectivity index is 1.85. The van der Waals surface area contributed by atoms with E-state index in [1.165, 1.54) is 55.1 Å². The van der Waals surface area contributed by atoms with Crippen molar-refractivity contribution in [3.63, 3.8) is 0 Å². The van der Waals surface area contributed by atoms with Crippen molar-refractivity contribution in [2.24, 2.45) is 0 Å². The second kappa shape index (κ2) is 7.46. The van der Waals surface area contributed by atoms with E-state index in [-0.39, 0.29) is 24.0 Å². The number of pyridine rings is 2. The van der Waals surface area contributed by atoms with Gasteiger partial charge in [-0.15, -0.1) is 0 Å². The summed E-state index contributed by atoms with van der Waals surface area (Å²) in [6.07, 6.45) is 6.97. The van der Waals surface area contributed by atoms with E-state index in [9.17, 15) is 5.11 Å². The number of ether oxygens (including phenoxy) is 1. The first kappa shape index (κ1) is 21.5. The van der Waals surface area contributed by atoms with E-state index in [0.717, 1.165) is 12.0 Å². The monoisotopic (exact) mass is 451 g/mol. The van der Waals surface area contributed by atoms with Gasteiger partial charge in [0.2, 0.25) is 5.69 Å². The van der Waals surface area contributed by atoms with E-state index in [0.29, 0.717) is 6.61 Å². The molecule has 1 aliphatic carbocycles. The number of nitrogens with zero attached hydrogens (tertiary/aromatic N) is 2. The fourth-order valence-electron chi connectivity index (χ4n) is 6.64. The molecule has 1 aliphatic heterocycles. The van der Waals surface area contributed by atoms with Gasteiger partial charge >= 0.3 is 0 Å². The number of hydrogen-bond donors (Lipinski definition) is 1. The number of aromatic nitrogens is 2. The molecule has 0 fully saturated rings. The first-order valence-electron chi connectivity index (χ1n) is 12.1. The van der Waals surface area contributed by atoms with Gasteiger partial charge in [-0.1, -0.05) is 38.1 Å². The zero-order valence-corrected chi connectivity index (χ0v) is 20.4. The van der Waals surface area contributed by atoms with E-state index in [1.807, 2.05) is 12.4 Å². The van der Waals surface area contributed by atoms with Crippen LogP contribution in [0.25, 0.3) is 32.8 Å². The van der Waals surface area contributed by atoms with E-state index >= 15 is 0 Å². The van der Waals surface area contributed by atoms with Crippen LogP contribution in [0.15, 0.2) is 61.1 Å². The number of benzene rings is 2. The molecule has 2 aromatic heterocycles. The Hall–Kier alpha value is -3.08. The van der Waals surface area contributed by atoms with Gasteiger partial charge in [-0.05, 0) is 52.9 Å². The molecule has 172 valence electrons. The van der Waals surface area contributed by atoms with E-state index in [2.05, 4.69) is 73.4 Å². The Morgan fingerprint density at radius 3 is 2.79 bits per heavy atom. The van der Waals surface area contributed by atoms with Gasteiger partial charge < -0.3 is 9.84 Å². The van der Waals surface area contributed by atoms with Crippen molar-refractivity contribution in [3.05, 3.63) is 83.3 Å². The van der Waals surface area contributed by atoms with Crippen LogP contribution in [0, 0.1) is 6.92 Å². The van der Waals surface area contributed by atoms with Gasteiger partial charge in [0.05, 0.1) is 23.5 Å². The van der Waals surface area contributed by atoms with Crippen LogP contribution in [-0.4, -0.2) is 30.4 Å². The lowest BCUT2D eigenvalue weighted by atomic mass is 9.64. The Kier molecular flexibility index (Phi) is 4.71. The van der Waals surface area contributed by atoms with Gasteiger partial charge in [-0.2, -0.15) is 4.57 Å². The van der Waals surface area contributed by atoms with Crippen LogP contribution < -0.4 is 4.57 Å². The molecule has 4 nitrogen and oxygen atoms in total. The van der Waals surface area contributed by atoms with Gasteiger partial charge in [0, 0.05) is 48.6 Å². The van der Waals surface area contributed by atoms with Crippen LogP contribution in [0.5, 0.6) is 0 Å². The lowest BCUT2D eigenvalue weighted by molar-refractivity contribution is -0.708. The Bertz CT molecular complexity index is 1500. The van der Waals surface area contributed by atoms with Gasteiger partial charge in [-0.25, -0.2) is 0 Å². The topological polar surface area (TPSA) is 46.2 Å². The molecule has 0 bridgehead atoms. The molecule has 2 aliphatic rings. The Morgan fingerprint density at radius 2 is 2.03 bits per heavy atom. The summed E-state index contributed by atoms with van der Waals surface area (Å²) in [6, 6.07) is 11.3. The molecule has 1 N–H and O–H groups in total. The number of rotatable bonds is 5. The predicted octanol–water partition coefficient (Wildman–Crippen LogP) is 5.51. The molecule has 4 heteroatoms. The third-order valence-electron chi connectivity index (χ3n) is 8.07. The molecule has 0 saturated heterocycles. The Labute approximate surface area is 200 Å². The van der Waals surface area contributed by atoms with Crippen molar-refractivity contribution in [2.45, 2.75) is 44.6 Å². The van der Waals surface area contributed by atoms with Gasteiger partial charge in [0.25, 0.3) is 0 Å².